The average molecular weight is 542 g/mol. The van der Waals surface area contributed by atoms with Crippen molar-refractivity contribution in [2.24, 2.45) is 0 Å². The minimum atomic E-state index is -4.59. The topological polar surface area (TPSA) is 228 Å². The van der Waals surface area contributed by atoms with E-state index in [-0.39, 0.29) is 28.6 Å². The fourth-order valence-corrected chi connectivity index (χ4v) is 4.40. The Balaban J connectivity index is 1.62. The monoisotopic (exact) mass is 542 g/mol. The van der Waals surface area contributed by atoms with Crippen LogP contribution in [0.4, 0.5) is 0 Å². The summed E-state index contributed by atoms with van der Waals surface area (Å²) in [5, 5.41) is 24.5. The van der Waals surface area contributed by atoms with E-state index in [1.807, 2.05) is 0 Å². The first kappa shape index (κ1) is 26.8. The van der Waals surface area contributed by atoms with Gasteiger partial charge < -0.3 is 40.2 Å². The Labute approximate surface area is 214 Å². The van der Waals surface area contributed by atoms with Gasteiger partial charge in [-0.3, -0.25) is 18.9 Å². The van der Waals surface area contributed by atoms with Gasteiger partial charge in [-0.2, -0.15) is 0 Å². The number of fused-ring (bicyclic) bond motifs is 1. The van der Waals surface area contributed by atoms with E-state index < -0.39 is 55.6 Å². The van der Waals surface area contributed by atoms with E-state index in [1.165, 1.54) is 24.3 Å². The number of carboxylic acids is 1. The van der Waals surface area contributed by atoms with Gasteiger partial charge in [0.1, 0.15) is 17.4 Å². The van der Waals surface area contributed by atoms with Crippen molar-refractivity contribution in [2.45, 2.75) is 18.4 Å². The molecule has 38 heavy (non-hydrogen) atoms. The summed E-state index contributed by atoms with van der Waals surface area (Å²) >= 11 is 0. The standard InChI is InChI=1S/C22H20BN4O10P/c28-19-15(9-24-10-25-19)20(29)27-17(11-4-6-13(7-5-11)38(34,35)36)21(30)26-16-8-12-2-1-3-14(22(31)32)18(12)37-23(16)33/h1-7,9-10,16-17,33H,8H2,(H,26,30)(H,27,29)(H,31,32)(H,24,25,28)(H2,34,35,36)/t16-,17?/m0/s1. The highest BCUT2D eigenvalue weighted by molar-refractivity contribution is 7.60. The second kappa shape index (κ2) is 10.6. The number of nitrogens with zero attached hydrogens (tertiary/aromatic N) is 1. The minimum Gasteiger partial charge on any atom is -0.534 e. The Kier molecular flexibility index (Phi) is 7.46. The number of benzene rings is 2. The zero-order chi connectivity index (χ0) is 27.6. The number of hydrogen-bond acceptors (Lipinski definition) is 8. The summed E-state index contributed by atoms with van der Waals surface area (Å²) in [5.41, 5.74) is -0.811. The number of carbonyl (C=O) groups is 3. The molecular weight excluding hydrogens is 522 g/mol. The second-order valence-electron chi connectivity index (χ2n) is 8.26. The number of aromatic carboxylic acids is 1. The molecule has 0 fully saturated rings. The number of carbonyl (C=O) groups excluding carboxylic acids is 2. The fraction of sp³-hybridized carbons (Fsp3) is 0.136. The molecule has 2 atom stereocenters. The van der Waals surface area contributed by atoms with Gasteiger partial charge in [-0.25, -0.2) is 9.78 Å². The van der Waals surface area contributed by atoms with Crippen LogP contribution in [-0.4, -0.2) is 60.7 Å². The Hall–Kier alpha value is -4.30. The van der Waals surface area contributed by atoms with E-state index >= 15 is 0 Å². The van der Waals surface area contributed by atoms with Crippen LogP contribution in [0.1, 0.15) is 37.9 Å². The number of H-pyrrole nitrogens is 1. The van der Waals surface area contributed by atoms with Crippen molar-refractivity contribution in [3.8, 4) is 5.75 Å². The number of nitrogens with one attached hydrogen (secondary N) is 3. The third kappa shape index (κ3) is 5.65. The maximum Gasteiger partial charge on any atom is 0.547 e. The number of aromatic nitrogens is 2. The highest BCUT2D eigenvalue weighted by Crippen LogP contribution is 2.33. The van der Waals surface area contributed by atoms with E-state index in [0.29, 0.717) is 5.56 Å². The molecule has 4 rings (SSSR count). The Morgan fingerprint density at radius 3 is 2.47 bits per heavy atom. The summed E-state index contributed by atoms with van der Waals surface area (Å²) in [6, 6.07) is 7.49. The van der Waals surface area contributed by atoms with Gasteiger partial charge in [-0.1, -0.05) is 24.3 Å². The zero-order valence-electron chi connectivity index (χ0n) is 19.3. The summed E-state index contributed by atoms with van der Waals surface area (Å²) in [6.07, 6.45) is 2.06. The Bertz CT molecular complexity index is 1510. The number of amides is 2. The number of rotatable bonds is 7. The van der Waals surface area contributed by atoms with E-state index in [1.54, 1.807) is 6.07 Å². The summed E-state index contributed by atoms with van der Waals surface area (Å²) in [5.74, 6) is -4.17. The molecule has 2 aromatic carbocycles. The van der Waals surface area contributed by atoms with Crippen molar-refractivity contribution in [3.05, 3.63) is 87.6 Å². The van der Waals surface area contributed by atoms with Gasteiger partial charge >= 0.3 is 20.7 Å². The lowest BCUT2D eigenvalue weighted by Gasteiger charge is -2.30. The third-order valence-electron chi connectivity index (χ3n) is 5.74. The van der Waals surface area contributed by atoms with Crippen LogP contribution in [-0.2, 0) is 15.8 Å². The molecule has 0 saturated carbocycles. The van der Waals surface area contributed by atoms with Gasteiger partial charge in [0.25, 0.3) is 11.5 Å². The normalized spacial score (nSPS) is 15.6. The molecule has 16 heteroatoms. The Morgan fingerprint density at radius 2 is 1.84 bits per heavy atom. The van der Waals surface area contributed by atoms with Crippen LogP contribution in [0.2, 0.25) is 0 Å². The summed E-state index contributed by atoms with van der Waals surface area (Å²) < 4.78 is 16.9. The predicted molar refractivity (Wildman–Crippen MR) is 131 cm³/mol. The van der Waals surface area contributed by atoms with E-state index in [2.05, 4.69) is 20.6 Å². The van der Waals surface area contributed by atoms with E-state index in [9.17, 15) is 43.7 Å². The number of para-hydroxylation sites is 1. The van der Waals surface area contributed by atoms with Crippen LogP contribution >= 0.6 is 7.60 Å². The lowest BCUT2D eigenvalue weighted by molar-refractivity contribution is -0.123. The molecule has 2 heterocycles. The molecule has 1 aliphatic heterocycles. The third-order valence-corrected chi connectivity index (χ3v) is 6.71. The molecule has 7 N–H and O–H groups in total. The molecule has 0 spiro atoms. The largest absolute Gasteiger partial charge is 0.547 e. The van der Waals surface area contributed by atoms with Crippen molar-refractivity contribution >= 4 is 37.8 Å². The van der Waals surface area contributed by atoms with Crippen LogP contribution in [0, 0.1) is 0 Å². The molecule has 0 bridgehead atoms. The summed E-state index contributed by atoms with van der Waals surface area (Å²) in [4.78, 5) is 74.3. The highest BCUT2D eigenvalue weighted by atomic mass is 31.2. The SMILES string of the molecule is O=C(O)c1cccc2c1OB(O)[C@@H](NC(=O)C(NC(=O)c1cnc[nH]c1=O)c1ccc(P(=O)(O)O)cc1)C2. The molecule has 1 unspecified atom stereocenters. The van der Waals surface area contributed by atoms with Gasteiger partial charge in [0, 0.05) is 6.20 Å². The van der Waals surface area contributed by atoms with Crippen molar-refractivity contribution < 1.29 is 43.5 Å². The van der Waals surface area contributed by atoms with E-state index in [4.69, 9.17) is 4.65 Å². The summed E-state index contributed by atoms with van der Waals surface area (Å²) in [7, 11) is -6.22. The molecule has 3 aromatic rings. The first-order valence-electron chi connectivity index (χ1n) is 11.0. The van der Waals surface area contributed by atoms with Gasteiger partial charge in [-0.15, -0.1) is 0 Å². The fourth-order valence-electron chi connectivity index (χ4n) is 3.86. The van der Waals surface area contributed by atoms with Crippen LogP contribution in [0.25, 0.3) is 0 Å². The Morgan fingerprint density at radius 1 is 1.13 bits per heavy atom. The van der Waals surface area contributed by atoms with Crippen LogP contribution < -0.4 is 26.2 Å². The molecule has 2 amide bonds. The molecule has 1 aromatic heterocycles. The minimum absolute atomic E-state index is 0.0105. The smallest absolute Gasteiger partial charge is 0.534 e. The predicted octanol–water partition coefficient (Wildman–Crippen LogP) is -1.12. The van der Waals surface area contributed by atoms with Crippen molar-refractivity contribution in [1.29, 1.82) is 0 Å². The molecule has 0 saturated heterocycles. The van der Waals surface area contributed by atoms with Crippen molar-refractivity contribution in [1.82, 2.24) is 20.6 Å². The number of hydrogen-bond donors (Lipinski definition) is 7. The first-order chi connectivity index (χ1) is 18.0. The molecule has 0 radical (unpaired) electrons. The average Bonchev–Trinajstić information content (AvgIpc) is 2.87. The lowest BCUT2D eigenvalue weighted by atomic mass is 9.72. The first-order valence-corrected chi connectivity index (χ1v) is 12.6. The summed E-state index contributed by atoms with van der Waals surface area (Å²) in [6.45, 7) is 0. The lowest BCUT2D eigenvalue weighted by Crippen LogP contribution is -2.55. The number of aromatic amines is 1. The molecule has 196 valence electrons. The quantitative estimate of drug-likeness (QED) is 0.140. The van der Waals surface area contributed by atoms with Crippen LogP contribution in [0.3, 0.4) is 0 Å². The van der Waals surface area contributed by atoms with Crippen molar-refractivity contribution in [3.63, 3.8) is 0 Å². The number of carboxylic acid groups (broad SMARTS) is 1. The zero-order valence-corrected chi connectivity index (χ0v) is 20.2. The van der Waals surface area contributed by atoms with E-state index in [0.717, 1.165) is 24.7 Å². The maximum absolute atomic E-state index is 13.3. The van der Waals surface area contributed by atoms with Gasteiger partial charge in [0.2, 0.25) is 5.91 Å². The highest BCUT2D eigenvalue weighted by Gasteiger charge is 2.39. The van der Waals surface area contributed by atoms with Crippen LogP contribution in [0.15, 0.2) is 59.8 Å². The van der Waals surface area contributed by atoms with Crippen molar-refractivity contribution in [2.75, 3.05) is 0 Å². The molecule has 1 aliphatic rings. The molecular formula is C22H20BN4O10P. The van der Waals surface area contributed by atoms with Gasteiger partial charge in [0.15, 0.2) is 0 Å². The van der Waals surface area contributed by atoms with Gasteiger partial charge in [-0.05, 0) is 35.7 Å². The molecule has 0 aliphatic carbocycles. The molecule has 14 nitrogen and oxygen atoms in total. The second-order valence-corrected chi connectivity index (χ2v) is 9.87. The van der Waals surface area contributed by atoms with Gasteiger partial charge in [0.05, 0.1) is 23.1 Å². The maximum atomic E-state index is 13.3. The van der Waals surface area contributed by atoms with Crippen LogP contribution in [0.5, 0.6) is 5.75 Å².